The van der Waals surface area contributed by atoms with Gasteiger partial charge < -0.3 is 4.74 Å². The Morgan fingerprint density at radius 3 is 2.45 bits per heavy atom. The highest BCUT2D eigenvalue weighted by atomic mass is 127. The first-order valence-electron chi connectivity index (χ1n) is 6.93. The second kappa shape index (κ2) is 11.9. The van der Waals surface area contributed by atoms with Crippen LogP contribution in [0.4, 0.5) is 0 Å². The number of carbonyl (C=O) groups excluding carboxylic acids is 1. The number of benzene rings is 1. The van der Waals surface area contributed by atoms with Gasteiger partial charge in [0.15, 0.2) is 6.29 Å². The van der Waals surface area contributed by atoms with E-state index >= 15 is 0 Å². The number of hydrogen-bond acceptors (Lipinski definition) is 4. The quantitative estimate of drug-likeness (QED) is 0.302. The third-order valence-corrected chi connectivity index (χ3v) is 2.61. The van der Waals surface area contributed by atoms with Gasteiger partial charge in [-0.05, 0) is 24.1 Å². The average molecular weight is 412 g/mol. The van der Waals surface area contributed by atoms with Crippen LogP contribution in [0.2, 0.25) is 0 Å². The molecule has 0 bridgehead atoms. The molecule has 0 fully saturated rings. The van der Waals surface area contributed by atoms with Gasteiger partial charge in [-0.3, -0.25) is 4.79 Å². The summed E-state index contributed by atoms with van der Waals surface area (Å²) in [6, 6.07) is 5.44. The molecule has 0 unspecified atom stereocenters. The van der Waals surface area contributed by atoms with Gasteiger partial charge in [-0.25, -0.2) is 9.97 Å². The molecular formula is C17H21IN2O2. The standard InChI is InChI=1S/C15H14N2O2.C2H6.HI/c1-2-3-6-19-15-5-4-12(7-13(15)10-18)14-8-16-11-17-9-14;1-2;/h2,4-5,7-11H,1,3,6H2;1-2H3;1H. The molecule has 0 aliphatic heterocycles. The number of rotatable bonds is 6. The van der Waals surface area contributed by atoms with Crippen LogP contribution in [0.3, 0.4) is 0 Å². The molecule has 0 aliphatic carbocycles. The van der Waals surface area contributed by atoms with Gasteiger partial charge in [0.25, 0.3) is 0 Å². The van der Waals surface area contributed by atoms with E-state index in [0.717, 1.165) is 23.8 Å². The van der Waals surface area contributed by atoms with Crippen molar-refractivity contribution in [2.75, 3.05) is 6.61 Å². The lowest BCUT2D eigenvalue weighted by molar-refractivity contribution is 0.111. The zero-order valence-corrected chi connectivity index (χ0v) is 15.2. The minimum absolute atomic E-state index is 0. The summed E-state index contributed by atoms with van der Waals surface area (Å²) in [5, 5.41) is 0. The van der Waals surface area contributed by atoms with Gasteiger partial charge >= 0.3 is 0 Å². The van der Waals surface area contributed by atoms with E-state index in [1.807, 2.05) is 19.9 Å². The zero-order chi connectivity index (χ0) is 15.5. The van der Waals surface area contributed by atoms with Crippen LogP contribution in [0, 0.1) is 0 Å². The molecule has 0 spiro atoms. The van der Waals surface area contributed by atoms with Crippen LogP contribution in [-0.2, 0) is 0 Å². The normalized spacial score (nSPS) is 8.82. The summed E-state index contributed by atoms with van der Waals surface area (Å²) in [5.41, 5.74) is 2.27. The fourth-order valence-corrected chi connectivity index (χ4v) is 1.65. The Kier molecular flexibility index (Phi) is 10.9. The monoisotopic (exact) mass is 412 g/mol. The highest BCUT2D eigenvalue weighted by molar-refractivity contribution is 14.0. The Morgan fingerprint density at radius 1 is 1.18 bits per heavy atom. The van der Waals surface area contributed by atoms with Crippen molar-refractivity contribution in [2.45, 2.75) is 20.3 Å². The molecule has 1 aromatic heterocycles. The second-order valence-electron chi connectivity index (χ2n) is 3.92. The van der Waals surface area contributed by atoms with Gasteiger partial charge in [-0.2, -0.15) is 0 Å². The van der Waals surface area contributed by atoms with Crippen LogP contribution in [0.25, 0.3) is 11.1 Å². The number of aldehydes is 1. The third-order valence-electron chi connectivity index (χ3n) is 2.61. The first-order valence-corrected chi connectivity index (χ1v) is 6.93. The predicted molar refractivity (Wildman–Crippen MR) is 99.9 cm³/mol. The SMILES string of the molecule is C=CCCOc1ccc(-c2cncnc2)cc1C=O.CC.I. The number of carbonyl (C=O) groups is 1. The smallest absolute Gasteiger partial charge is 0.153 e. The number of hydrogen-bond donors (Lipinski definition) is 0. The number of aromatic nitrogens is 2. The summed E-state index contributed by atoms with van der Waals surface area (Å²) >= 11 is 0. The predicted octanol–water partition coefficient (Wildman–Crippen LogP) is 4.56. The molecule has 0 N–H and O–H groups in total. The van der Waals surface area contributed by atoms with E-state index in [9.17, 15) is 4.79 Å². The van der Waals surface area contributed by atoms with E-state index in [1.165, 1.54) is 6.33 Å². The zero-order valence-electron chi connectivity index (χ0n) is 12.9. The molecule has 1 heterocycles. The fraction of sp³-hybridized carbons (Fsp3) is 0.235. The molecule has 1 aromatic carbocycles. The number of nitrogens with zero attached hydrogens (tertiary/aromatic N) is 2. The lowest BCUT2D eigenvalue weighted by atomic mass is 10.1. The second-order valence-corrected chi connectivity index (χ2v) is 3.92. The van der Waals surface area contributed by atoms with Crippen molar-refractivity contribution < 1.29 is 9.53 Å². The van der Waals surface area contributed by atoms with Crippen LogP contribution in [0.1, 0.15) is 30.6 Å². The van der Waals surface area contributed by atoms with Crippen LogP contribution in [-0.4, -0.2) is 22.9 Å². The lowest BCUT2D eigenvalue weighted by Crippen LogP contribution is -1.99. The van der Waals surface area contributed by atoms with Gasteiger partial charge in [-0.1, -0.05) is 26.0 Å². The van der Waals surface area contributed by atoms with Crippen molar-refractivity contribution in [3.8, 4) is 16.9 Å². The van der Waals surface area contributed by atoms with Crippen molar-refractivity contribution >= 4 is 30.3 Å². The van der Waals surface area contributed by atoms with Crippen molar-refractivity contribution in [3.05, 3.63) is 55.1 Å². The Morgan fingerprint density at radius 2 is 1.86 bits per heavy atom. The molecule has 2 aromatic rings. The summed E-state index contributed by atoms with van der Waals surface area (Å²) < 4.78 is 5.53. The lowest BCUT2D eigenvalue weighted by Gasteiger charge is -2.09. The van der Waals surface area contributed by atoms with Gasteiger partial charge in [0.2, 0.25) is 0 Å². The molecule has 22 heavy (non-hydrogen) atoms. The molecule has 118 valence electrons. The van der Waals surface area contributed by atoms with Crippen LogP contribution in [0.15, 0.2) is 49.6 Å². The molecule has 0 aliphatic rings. The van der Waals surface area contributed by atoms with E-state index in [2.05, 4.69) is 16.5 Å². The number of halogens is 1. The van der Waals surface area contributed by atoms with Crippen LogP contribution < -0.4 is 4.74 Å². The molecule has 0 saturated heterocycles. The van der Waals surface area contributed by atoms with Crippen molar-refractivity contribution in [1.29, 1.82) is 0 Å². The fourth-order valence-electron chi connectivity index (χ4n) is 1.65. The molecule has 0 radical (unpaired) electrons. The van der Waals surface area contributed by atoms with Gasteiger partial charge in [0.05, 0.1) is 12.2 Å². The Labute approximate surface area is 148 Å². The van der Waals surface area contributed by atoms with Gasteiger partial charge in [-0.15, -0.1) is 30.6 Å². The maximum Gasteiger partial charge on any atom is 0.153 e. The van der Waals surface area contributed by atoms with Gasteiger partial charge in [0.1, 0.15) is 12.1 Å². The van der Waals surface area contributed by atoms with E-state index in [4.69, 9.17) is 4.74 Å². The van der Waals surface area contributed by atoms with E-state index in [0.29, 0.717) is 17.9 Å². The maximum absolute atomic E-state index is 11.1. The third kappa shape index (κ3) is 5.93. The summed E-state index contributed by atoms with van der Waals surface area (Å²) in [4.78, 5) is 19.0. The Balaban J connectivity index is 0.00000141. The largest absolute Gasteiger partial charge is 0.493 e. The Hall–Kier alpha value is -1.76. The minimum Gasteiger partial charge on any atom is -0.493 e. The molecule has 5 heteroatoms. The van der Waals surface area contributed by atoms with Crippen molar-refractivity contribution in [3.63, 3.8) is 0 Å². The first kappa shape index (κ1) is 20.2. The Bertz CT molecular complexity index is 574. The average Bonchev–Trinajstić information content (AvgIpc) is 2.58. The van der Waals surface area contributed by atoms with Crippen LogP contribution >= 0.6 is 24.0 Å². The summed E-state index contributed by atoms with van der Waals surface area (Å²) in [5.74, 6) is 0.581. The molecule has 0 atom stereocenters. The van der Waals surface area contributed by atoms with Crippen molar-refractivity contribution in [1.82, 2.24) is 9.97 Å². The molecule has 2 rings (SSSR count). The summed E-state index contributed by atoms with van der Waals surface area (Å²) in [6.45, 7) is 8.14. The minimum atomic E-state index is 0. The highest BCUT2D eigenvalue weighted by Crippen LogP contribution is 2.25. The molecule has 0 saturated carbocycles. The van der Waals surface area contributed by atoms with Gasteiger partial charge in [0, 0.05) is 18.0 Å². The summed E-state index contributed by atoms with van der Waals surface area (Å²) in [6.07, 6.45) is 8.18. The van der Waals surface area contributed by atoms with Crippen molar-refractivity contribution in [2.24, 2.45) is 0 Å². The maximum atomic E-state index is 11.1. The van der Waals surface area contributed by atoms with E-state index in [1.54, 1.807) is 30.6 Å². The number of ether oxygens (including phenoxy) is 1. The summed E-state index contributed by atoms with van der Waals surface area (Å²) in [7, 11) is 0. The van der Waals surface area contributed by atoms with E-state index in [-0.39, 0.29) is 24.0 Å². The van der Waals surface area contributed by atoms with Crippen LogP contribution in [0.5, 0.6) is 5.75 Å². The highest BCUT2D eigenvalue weighted by Gasteiger charge is 2.06. The molecular weight excluding hydrogens is 391 g/mol. The molecule has 4 nitrogen and oxygen atoms in total. The topological polar surface area (TPSA) is 52.1 Å². The molecule has 0 amide bonds. The first-order chi connectivity index (χ1) is 10.3. The van der Waals surface area contributed by atoms with E-state index < -0.39 is 0 Å².